The highest BCUT2D eigenvalue weighted by molar-refractivity contribution is 7.94. The van der Waals surface area contributed by atoms with E-state index in [1.165, 1.54) is 0 Å². The fourth-order valence-corrected chi connectivity index (χ4v) is 1.11. The molecule has 0 aliphatic heterocycles. The van der Waals surface area contributed by atoms with Gasteiger partial charge in [-0.25, -0.2) is 0 Å². The van der Waals surface area contributed by atoms with Crippen LogP contribution < -0.4 is 5.14 Å². The van der Waals surface area contributed by atoms with Gasteiger partial charge in [0, 0.05) is 0 Å². The maximum atomic E-state index is 5.58. The van der Waals surface area contributed by atoms with E-state index < -0.39 is 0 Å². The normalized spacial score (nSPS) is 9.25. The van der Waals surface area contributed by atoms with E-state index >= 15 is 0 Å². The van der Waals surface area contributed by atoms with E-state index in [9.17, 15) is 0 Å². The highest BCUT2D eigenvalue weighted by atomic mass is 32.2. The second-order valence-electron chi connectivity index (χ2n) is 1.45. The lowest BCUT2D eigenvalue weighted by Crippen LogP contribution is -2.18. The average molecular weight is 130 g/mol. The number of nitrogens with two attached hydrogens (primary N) is 1. The van der Waals surface area contributed by atoms with Crippen LogP contribution in [0.2, 0.25) is 0 Å². The summed E-state index contributed by atoms with van der Waals surface area (Å²) < 4.78 is 0. The Balaban J connectivity index is 3.16. The number of hydrogen-bond donors (Lipinski definition) is 1. The van der Waals surface area contributed by atoms with E-state index in [1.54, 1.807) is 0 Å². The molecule has 0 spiro atoms. The summed E-state index contributed by atoms with van der Waals surface area (Å²) in [5, 5.41) is 5.58. The summed E-state index contributed by atoms with van der Waals surface area (Å²) >= 11 is -0.00617. The molecule has 0 heterocycles. The molecule has 0 unspecified atom stereocenters. The van der Waals surface area contributed by atoms with Gasteiger partial charge in [-0.3, -0.25) is 0 Å². The lowest BCUT2D eigenvalue weighted by atomic mass is 10.8. The van der Waals surface area contributed by atoms with Gasteiger partial charge < -0.3 is 0 Å². The van der Waals surface area contributed by atoms with Crippen LogP contribution in [-0.2, 0) is 11.1 Å². The quantitative estimate of drug-likeness (QED) is 0.443. The molecule has 2 N–H and O–H groups in total. The second-order valence-corrected chi connectivity index (χ2v) is 3.19. The van der Waals surface area contributed by atoms with Gasteiger partial charge in [0.1, 0.15) is 11.5 Å². The third kappa shape index (κ3) is 3.96. The van der Waals surface area contributed by atoms with Crippen molar-refractivity contribution < 1.29 is 0 Å². The maximum Gasteiger partial charge on any atom is 0.145 e. The second kappa shape index (κ2) is 4.94. The van der Waals surface area contributed by atoms with Gasteiger partial charge in [0.2, 0.25) is 0 Å². The lowest BCUT2D eigenvalue weighted by molar-refractivity contribution is 1.64. The van der Waals surface area contributed by atoms with Crippen LogP contribution in [-0.4, -0.2) is 11.5 Å². The van der Waals surface area contributed by atoms with Crippen LogP contribution in [0.5, 0.6) is 0 Å². The molecule has 0 aliphatic rings. The molecule has 0 bridgehead atoms. The molecule has 0 amide bonds. The Morgan fingerprint density at radius 1 is 1.25 bits per heavy atom. The van der Waals surface area contributed by atoms with Gasteiger partial charge in [-0.2, -0.15) is 5.14 Å². The molecule has 0 aromatic heterocycles. The third-order valence-electron chi connectivity index (χ3n) is 0.664. The van der Waals surface area contributed by atoms with E-state index in [4.69, 9.17) is 5.14 Å². The molecule has 0 radical (unpaired) electrons. The SMILES string of the molecule is C=CC[S+](N)CC=C. The molecule has 0 aromatic carbocycles. The summed E-state index contributed by atoms with van der Waals surface area (Å²) in [4.78, 5) is 0. The van der Waals surface area contributed by atoms with Gasteiger partial charge >= 0.3 is 0 Å². The zero-order valence-corrected chi connectivity index (χ0v) is 5.79. The van der Waals surface area contributed by atoms with E-state index in [1.807, 2.05) is 12.2 Å². The maximum absolute atomic E-state index is 5.58. The summed E-state index contributed by atoms with van der Waals surface area (Å²) in [6.07, 6.45) is 3.68. The Labute approximate surface area is 53.8 Å². The van der Waals surface area contributed by atoms with E-state index in [-0.39, 0.29) is 11.1 Å². The highest BCUT2D eigenvalue weighted by Gasteiger charge is 2.03. The molecule has 46 valence electrons. The van der Waals surface area contributed by atoms with Crippen LogP contribution in [0.3, 0.4) is 0 Å². The Morgan fingerprint density at radius 3 is 1.88 bits per heavy atom. The summed E-state index contributed by atoms with van der Waals surface area (Å²) in [6, 6.07) is 0. The first-order valence-electron chi connectivity index (χ1n) is 2.45. The van der Waals surface area contributed by atoms with Crippen LogP contribution in [0.25, 0.3) is 0 Å². The standard InChI is InChI=1S/C6H12NS/c1-3-5-8(7)6-4-2/h3-4H,1-2,5-7H2/q+1. The lowest BCUT2D eigenvalue weighted by Gasteiger charge is -1.90. The molecule has 0 rings (SSSR count). The first-order valence-corrected chi connectivity index (χ1v) is 4.07. The Bertz CT molecular complexity index is 70.6. The van der Waals surface area contributed by atoms with Gasteiger partial charge in [0.15, 0.2) is 0 Å². The van der Waals surface area contributed by atoms with Gasteiger partial charge in [0.25, 0.3) is 0 Å². The first-order chi connectivity index (χ1) is 3.81. The summed E-state index contributed by atoms with van der Waals surface area (Å²) in [7, 11) is 0. The zero-order chi connectivity index (χ0) is 6.41. The summed E-state index contributed by atoms with van der Waals surface area (Å²) in [6.45, 7) is 7.15. The van der Waals surface area contributed by atoms with Crippen LogP contribution in [0.15, 0.2) is 25.3 Å². The Hall–Kier alpha value is -0.210. The molecule has 0 aromatic rings. The van der Waals surface area contributed by atoms with Gasteiger partial charge in [-0.15, -0.1) is 0 Å². The molecule has 0 atom stereocenters. The van der Waals surface area contributed by atoms with Crippen LogP contribution >= 0.6 is 0 Å². The fraction of sp³-hybridized carbons (Fsp3) is 0.333. The largest absolute Gasteiger partial charge is 0.151 e. The Kier molecular flexibility index (Phi) is 4.81. The fourth-order valence-electron chi connectivity index (χ4n) is 0.371. The van der Waals surface area contributed by atoms with Crippen molar-refractivity contribution in [1.29, 1.82) is 0 Å². The van der Waals surface area contributed by atoms with E-state index in [2.05, 4.69) is 13.2 Å². The molecule has 8 heavy (non-hydrogen) atoms. The minimum absolute atomic E-state index is 0.00617. The van der Waals surface area contributed by atoms with Crippen molar-refractivity contribution in [2.24, 2.45) is 5.14 Å². The van der Waals surface area contributed by atoms with Gasteiger partial charge in [-0.1, -0.05) is 13.2 Å². The molecule has 0 aliphatic carbocycles. The highest BCUT2D eigenvalue weighted by Crippen LogP contribution is 1.85. The monoisotopic (exact) mass is 130 g/mol. The molecule has 2 heteroatoms. The minimum Gasteiger partial charge on any atom is -0.151 e. The van der Waals surface area contributed by atoms with Crippen molar-refractivity contribution in [2.45, 2.75) is 0 Å². The zero-order valence-electron chi connectivity index (χ0n) is 4.97. The third-order valence-corrected chi connectivity index (χ3v) is 1.99. The predicted octanol–water partition coefficient (Wildman–Crippen LogP) is 0.850. The van der Waals surface area contributed by atoms with Crippen molar-refractivity contribution in [3.8, 4) is 0 Å². The Morgan fingerprint density at radius 2 is 1.62 bits per heavy atom. The van der Waals surface area contributed by atoms with Crippen molar-refractivity contribution in [1.82, 2.24) is 0 Å². The van der Waals surface area contributed by atoms with Crippen LogP contribution in [0, 0.1) is 0 Å². The minimum atomic E-state index is -0.00617. The first kappa shape index (κ1) is 7.79. The molecular weight excluding hydrogens is 118 g/mol. The molecule has 0 saturated heterocycles. The molecule has 0 fully saturated rings. The van der Waals surface area contributed by atoms with Gasteiger partial charge in [-0.05, 0) is 12.2 Å². The number of rotatable bonds is 4. The van der Waals surface area contributed by atoms with Crippen molar-refractivity contribution >= 4 is 11.1 Å². The predicted molar refractivity (Wildman–Crippen MR) is 41.7 cm³/mol. The molecule has 0 saturated carbocycles. The van der Waals surface area contributed by atoms with Crippen molar-refractivity contribution in [2.75, 3.05) is 11.5 Å². The topological polar surface area (TPSA) is 26.0 Å². The van der Waals surface area contributed by atoms with Crippen LogP contribution in [0.1, 0.15) is 0 Å². The molecule has 1 nitrogen and oxygen atoms in total. The van der Waals surface area contributed by atoms with Crippen molar-refractivity contribution in [3.05, 3.63) is 25.3 Å². The smallest absolute Gasteiger partial charge is 0.145 e. The summed E-state index contributed by atoms with van der Waals surface area (Å²) in [5.41, 5.74) is 0. The van der Waals surface area contributed by atoms with E-state index in [0.717, 1.165) is 11.5 Å². The van der Waals surface area contributed by atoms with Crippen LogP contribution in [0.4, 0.5) is 0 Å². The summed E-state index contributed by atoms with van der Waals surface area (Å²) in [5.74, 6) is 1.82. The average Bonchev–Trinajstić information content (AvgIpc) is 1.68. The number of hydrogen-bond acceptors (Lipinski definition) is 1. The molecular formula is C6H12NS+. The van der Waals surface area contributed by atoms with Gasteiger partial charge in [0.05, 0.1) is 11.1 Å². The van der Waals surface area contributed by atoms with Crippen molar-refractivity contribution in [3.63, 3.8) is 0 Å². The van der Waals surface area contributed by atoms with E-state index in [0.29, 0.717) is 0 Å².